The van der Waals surface area contributed by atoms with Crippen LogP contribution in [0.25, 0.3) is 0 Å². The lowest BCUT2D eigenvalue weighted by Gasteiger charge is -2.25. The summed E-state index contributed by atoms with van der Waals surface area (Å²) in [6, 6.07) is 8.14. The van der Waals surface area contributed by atoms with Crippen molar-refractivity contribution in [2.45, 2.75) is 31.7 Å². The number of nitrogens with one attached hydrogen (secondary N) is 1. The molecule has 20 heavy (non-hydrogen) atoms. The molecule has 0 saturated heterocycles. The van der Waals surface area contributed by atoms with E-state index in [9.17, 15) is 14.9 Å². The quantitative estimate of drug-likeness (QED) is 0.675. The number of benzene rings is 1. The monoisotopic (exact) mass is 273 g/mol. The van der Waals surface area contributed by atoms with Crippen LogP contribution in [0.1, 0.15) is 36.0 Å². The molecule has 1 aromatic carbocycles. The van der Waals surface area contributed by atoms with E-state index >= 15 is 0 Å². The Morgan fingerprint density at radius 3 is 2.55 bits per heavy atom. The van der Waals surface area contributed by atoms with Crippen LogP contribution in [0.3, 0.4) is 0 Å². The summed E-state index contributed by atoms with van der Waals surface area (Å²) in [5.74, 6) is -0.355. The second-order valence-electron chi connectivity index (χ2n) is 4.93. The first kappa shape index (κ1) is 14.0. The number of nitrogens with zero attached hydrogens (tertiary/aromatic N) is 2. The van der Waals surface area contributed by atoms with E-state index in [1.807, 2.05) is 0 Å². The van der Waals surface area contributed by atoms with E-state index in [4.69, 9.17) is 5.26 Å². The zero-order valence-corrected chi connectivity index (χ0v) is 10.9. The van der Waals surface area contributed by atoms with Crippen LogP contribution < -0.4 is 5.32 Å². The fraction of sp³-hybridized carbons (Fsp3) is 0.429. The summed E-state index contributed by atoms with van der Waals surface area (Å²) in [6.07, 6.45) is 3.01. The second kappa shape index (κ2) is 6.15. The van der Waals surface area contributed by atoms with Gasteiger partial charge >= 0.3 is 0 Å². The topological polar surface area (TPSA) is 96.0 Å². The van der Waals surface area contributed by atoms with Crippen LogP contribution in [0.4, 0.5) is 5.69 Å². The van der Waals surface area contributed by atoms with Crippen LogP contribution in [0, 0.1) is 27.4 Å². The minimum atomic E-state index is -0.554. The summed E-state index contributed by atoms with van der Waals surface area (Å²) in [4.78, 5) is 22.4. The first-order chi connectivity index (χ1) is 9.61. The van der Waals surface area contributed by atoms with Crippen LogP contribution in [-0.2, 0) is 0 Å². The summed E-state index contributed by atoms with van der Waals surface area (Å²) >= 11 is 0. The van der Waals surface area contributed by atoms with E-state index in [0.717, 1.165) is 25.7 Å². The van der Waals surface area contributed by atoms with E-state index in [-0.39, 0.29) is 23.2 Å². The van der Waals surface area contributed by atoms with Crippen molar-refractivity contribution in [3.05, 3.63) is 39.9 Å². The number of carbonyl (C=O) groups excluding carboxylic acids is 1. The smallest absolute Gasteiger partial charge is 0.282 e. The molecule has 1 aliphatic rings. The Morgan fingerprint density at radius 2 is 1.95 bits per heavy atom. The van der Waals surface area contributed by atoms with Crippen molar-refractivity contribution >= 4 is 11.6 Å². The maximum absolute atomic E-state index is 12.1. The number of carbonyl (C=O) groups is 1. The van der Waals surface area contributed by atoms with Gasteiger partial charge in [0.05, 0.1) is 11.0 Å². The van der Waals surface area contributed by atoms with Gasteiger partial charge in [-0.15, -0.1) is 0 Å². The highest BCUT2D eigenvalue weighted by molar-refractivity contribution is 5.98. The molecule has 0 heterocycles. The van der Waals surface area contributed by atoms with E-state index in [0.29, 0.717) is 0 Å². The standard InChI is InChI=1S/C14H15N3O3/c15-9-10-5-7-11(8-6-10)16-14(18)12-3-1-2-4-13(12)17(19)20/h1-4,10-11H,5-8H2,(H,16,18)/t10-,11+. The van der Waals surface area contributed by atoms with Crippen molar-refractivity contribution in [1.82, 2.24) is 5.32 Å². The molecule has 1 aromatic rings. The summed E-state index contributed by atoms with van der Waals surface area (Å²) in [7, 11) is 0. The minimum Gasteiger partial charge on any atom is -0.349 e. The van der Waals surface area contributed by atoms with Gasteiger partial charge < -0.3 is 5.32 Å². The third kappa shape index (κ3) is 3.12. The summed E-state index contributed by atoms with van der Waals surface area (Å²) in [5, 5.41) is 22.5. The fourth-order valence-corrected chi connectivity index (χ4v) is 2.45. The Kier molecular flexibility index (Phi) is 4.31. The van der Waals surface area contributed by atoms with E-state index in [1.165, 1.54) is 18.2 Å². The lowest BCUT2D eigenvalue weighted by atomic mass is 9.87. The van der Waals surface area contributed by atoms with E-state index < -0.39 is 10.8 Å². The second-order valence-corrected chi connectivity index (χ2v) is 4.93. The zero-order chi connectivity index (χ0) is 14.5. The first-order valence-corrected chi connectivity index (χ1v) is 6.55. The number of nitriles is 1. The maximum Gasteiger partial charge on any atom is 0.282 e. The molecule has 0 aromatic heterocycles. The Labute approximate surface area is 116 Å². The van der Waals surface area contributed by atoms with Gasteiger partial charge in [0.15, 0.2) is 0 Å². The van der Waals surface area contributed by atoms with Gasteiger partial charge in [-0.25, -0.2) is 0 Å². The maximum atomic E-state index is 12.1. The number of nitro groups is 1. The van der Waals surface area contributed by atoms with Crippen LogP contribution in [0.15, 0.2) is 24.3 Å². The van der Waals surface area contributed by atoms with E-state index in [2.05, 4.69) is 11.4 Å². The Hall–Kier alpha value is -2.42. The van der Waals surface area contributed by atoms with Gasteiger partial charge in [0.2, 0.25) is 0 Å². The Balaban J connectivity index is 2.03. The third-order valence-corrected chi connectivity index (χ3v) is 3.59. The molecule has 0 radical (unpaired) electrons. The SMILES string of the molecule is N#C[C@H]1CC[C@@H](NC(=O)c2ccccc2[N+](=O)[O-])CC1. The number of amides is 1. The molecule has 1 fully saturated rings. The van der Waals surface area contributed by atoms with Gasteiger partial charge in [-0.2, -0.15) is 5.26 Å². The summed E-state index contributed by atoms with van der Waals surface area (Å²) < 4.78 is 0. The van der Waals surface area contributed by atoms with Crippen molar-refractivity contribution < 1.29 is 9.72 Å². The Morgan fingerprint density at radius 1 is 1.30 bits per heavy atom. The highest BCUT2D eigenvalue weighted by Crippen LogP contribution is 2.24. The molecule has 104 valence electrons. The molecular formula is C14H15N3O3. The Bertz CT molecular complexity index is 557. The number of rotatable bonds is 3. The van der Waals surface area contributed by atoms with Crippen molar-refractivity contribution in [2.24, 2.45) is 5.92 Å². The largest absolute Gasteiger partial charge is 0.349 e. The van der Waals surface area contributed by atoms with Gasteiger partial charge in [-0.3, -0.25) is 14.9 Å². The average molecular weight is 273 g/mol. The van der Waals surface area contributed by atoms with Crippen LogP contribution in [0.5, 0.6) is 0 Å². The molecule has 0 bridgehead atoms. The number of hydrogen-bond donors (Lipinski definition) is 1. The predicted octanol–water partition coefficient (Wildman–Crippen LogP) is 2.41. The van der Waals surface area contributed by atoms with Gasteiger partial charge in [0, 0.05) is 18.0 Å². The highest BCUT2D eigenvalue weighted by atomic mass is 16.6. The summed E-state index contributed by atoms with van der Waals surface area (Å²) in [6.45, 7) is 0. The molecule has 1 amide bonds. The normalized spacial score (nSPS) is 21.8. The molecule has 0 aliphatic heterocycles. The summed E-state index contributed by atoms with van der Waals surface area (Å²) in [5.41, 5.74) is -0.101. The molecule has 1 N–H and O–H groups in total. The lowest BCUT2D eigenvalue weighted by molar-refractivity contribution is -0.385. The molecule has 0 atom stereocenters. The van der Waals surface area contributed by atoms with Crippen molar-refractivity contribution in [3.63, 3.8) is 0 Å². The lowest BCUT2D eigenvalue weighted by Crippen LogP contribution is -2.37. The van der Waals surface area contributed by atoms with Crippen molar-refractivity contribution in [2.75, 3.05) is 0 Å². The van der Waals surface area contributed by atoms with Gasteiger partial charge in [0.25, 0.3) is 11.6 Å². The van der Waals surface area contributed by atoms with Gasteiger partial charge in [-0.05, 0) is 31.7 Å². The molecule has 0 unspecified atom stereocenters. The van der Waals surface area contributed by atoms with Crippen LogP contribution >= 0.6 is 0 Å². The van der Waals surface area contributed by atoms with Crippen LogP contribution in [0.2, 0.25) is 0 Å². The third-order valence-electron chi connectivity index (χ3n) is 3.59. The average Bonchev–Trinajstić information content (AvgIpc) is 2.48. The molecule has 6 nitrogen and oxygen atoms in total. The predicted molar refractivity (Wildman–Crippen MR) is 71.9 cm³/mol. The first-order valence-electron chi connectivity index (χ1n) is 6.55. The van der Waals surface area contributed by atoms with E-state index in [1.54, 1.807) is 6.07 Å². The molecule has 0 spiro atoms. The minimum absolute atomic E-state index is 0.00749. The van der Waals surface area contributed by atoms with Gasteiger partial charge in [-0.1, -0.05) is 12.1 Å². The molecule has 2 rings (SSSR count). The number of para-hydroxylation sites is 1. The van der Waals surface area contributed by atoms with Crippen molar-refractivity contribution in [3.8, 4) is 6.07 Å². The zero-order valence-electron chi connectivity index (χ0n) is 10.9. The van der Waals surface area contributed by atoms with Crippen LogP contribution in [-0.4, -0.2) is 16.9 Å². The van der Waals surface area contributed by atoms with Gasteiger partial charge in [0.1, 0.15) is 5.56 Å². The molecule has 6 heteroatoms. The number of nitro benzene ring substituents is 1. The molecule has 1 aliphatic carbocycles. The van der Waals surface area contributed by atoms with Crippen molar-refractivity contribution in [1.29, 1.82) is 5.26 Å². The molecule has 1 saturated carbocycles. The molecular weight excluding hydrogens is 258 g/mol. The highest BCUT2D eigenvalue weighted by Gasteiger charge is 2.25. The fourth-order valence-electron chi connectivity index (χ4n) is 2.45. The number of hydrogen-bond acceptors (Lipinski definition) is 4.